The summed E-state index contributed by atoms with van der Waals surface area (Å²) in [6.07, 6.45) is -0.359. The summed E-state index contributed by atoms with van der Waals surface area (Å²) in [5, 5.41) is 55.9. The largest absolute Gasteiger partial charge is 0.394 e. The van der Waals surface area contributed by atoms with Gasteiger partial charge in [0, 0.05) is 78.4 Å². The molecule has 266 valence electrons. The zero-order valence-electron chi connectivity index (χ0n) is 27.0. The normalized spacial score (nSPS) is 36.0. The number of ether oxygens (including phenoxy) is 1. The molecule has 7 N–H and O–H groups in total. The first-order valence-corrected chi connectivity index (χ1v) is 18.0. The quantitative estimate of drug-likeness (QED) is 0.0921. The van der Waals surface area contributed by atoms with Gasteiger partial charge in [-0.2, -0.15) is 0 Å². The monoisotopic (exact) mass is 677 g/mol. The van der Waals surface area contributed by atoms with Gasteiger partial charge in [0.05, 0.1) is 24.2 Å². The number of nitrogens with one attached hydrogen (secondary N) is 2. The maximum Gasteiger partial charge on any atom is 0.222 e. The molecule has 5 fully saturated rings. The molecule has 4 saturated heterocycles. The number of β-amino-alcohol motifs (C(OH)–C–C–N with tert-alkyl or cyclic N) is 1. The third-order valence-electron chi connectivity index (χ3n) is 11.2. The van der Waals surface area contributed by atoms with Crippen LogP contribution < -0.4 is 10.6 Å². The minimum absolute atomic E-state index is 0.00822. The summed E-state index contributed by atoms with van der Waals surface area (Å²) in [7, 11) is 0. The molecule has 1 saturated carbocycles. The van der Waals surface area contributed by atoms with Crippen LogP contribution in [0.1, 0.15) is 51.4 Å². The molecular formula is C32H57ClFN5O7. The fourth-order valence-electron chi connectivity index (χ4n) is 8.26. The Morgan fingerprint density at radius 1 is 0.935 bits per heavy atom. The smallest absolute Gasteiger partial charge is 0.222 e. The molecule has 5 rings (SSSR count). The fraction of sp³-hybridized carbons (Fsp3) is 0.969. The highest BCUT2D eigenvalue weighted by Gasteiger charge is 2.44. The Balaban J connectivity index is 0.923. The molecule has 5 aliphatic rings. The van der Waals surface area contributed by atoms with Crippen molar-refractivity contribution in [2.24, 2.45) is 23.7 Å². The molecule has 0 spiro atoms. The highest BCUT2D eigenvalue weighted by atomic mass is 35.5. The summed E-state index contributed by atoms with van der Waals surface area (Å²) in [4.78, 5) is 19.4. The van der Waals surface area contributed by atoms with Crippen LogP contribution >= 0.6 is 11.6 Å². The van der Waals surface area contributed by atoms with Crippen molar-refractivity contribution in [3.63, 3.8) is 0 Å². The number of alkyl halides is 2. The molecule has 1 aliphatic carbocycles. The van der Waals surface area contributed by atoms with Crippen molar-refractivity contribution in [1.82, 2.24) is 25.3 Å². The minimum Gasteiger partial charge on any atom is -0.394 e. The van der Waals surface area contributed by atoms with Crippen LogP contribution in [0.3, 0.4) is 0 Å². The number of halogens is 2. The first-order chi connectivity index (χ1) is 22.1. The molecule has 9 atom stereocenters. The lowest BCUT2D eigenvalue weighted by molar-refractivity contribution is -0.133. The average molecular weight is 678 g/mol. The molecule has 4 heterocycles. The van der Waals surface area contributed by atoms with Gasteiger partial charge in [-0.05, 0) is 62.2 Å². The van der Waals surface area contributed by atoms with Crippen molar-refractivity contribution in [3.8, 4) is 0 Å². The first-order valence-electron chi connectivity index (χ1n) is 17.5. The summed E-state index contributed by atoms with van der Waals surface area (Å²) in [6, 6.07) is 0. The van der Waals surface area contributed by atoms with Gasteiger partial charge < -0.3 is 35.2 Å². The Labute approximate surface area is 277 Å². The number of fused-ring (bicyclic) bond motifs is 1. The van der Waals surface area contributed by atoms with E-state index in [0.717, 1.165) is 45.4 Å². The molecule has 46 heavy (non-hydrogen) atoms. The van der Waals surface area contributed by atoms with Crippen LogP contribution in [0, 0.1) is 23.7 Å². The van der Waals surface area contributed by atoms with Gasteiger partial charge in [-0.15, -0.1) is 11.6 Å². The number of carbonyl (C=O) groups is 1. The maximum atomic E-state index is 15.2. The Kier molecular flexibility index (Phi) is 13.7. The molecule has 12 nitrogen and oxygen atoms in total. The van der Waals surface area contributed by atoms with E-state index in [1.807, 2.05) is 9.80 Å². The summed E-state index contributed by atoms with van der Waals surface area (Å²) in [5.74, 6) is 0.927. The Morgan fingerprint density at radius 2 is 1.59 bits per heavy atom. The van der Waals surface area contributed by atoms with E-state index in [-0.39, 0.29) is 54.4 Å². The third kappa shape index (κ3) is 9.71. The van der Waals surface area contributed by atoms with Crippen molar-refractivity contribution in [1.29, 1.82) is 0 Å². The number of amides is 1. The fourth-order valence-corrected chi connectivity index (χ4v) is 8.44. The maximum absolute atomic E-state index is 15.2. The summed E-state index contributed by atoms with van der Waals surface area (Å²) in [5.41, 5.74) is 0. The van der Waals surface area contributed by atoms with Gasteiger partial charge in [-0.3, -0.25) is 25.2 Å². The van der Waals surface area contributed by atoms with Crippen molar-refractivity contribution < 1.29 is 39.5 Å². The number of hydrogen-bond donors (Lipinski definition) is 7. The lowest BCUT2D eigenvalue weighted by atomic mass is 9.83. The number of piperidine rings is 1. The lowest BCUT2D eigenvalue weighted by Gasteiger charge is -2.41. The van der Waals surface area contributed by atoms with E-state index in [2.05, 4.69) is 15.5 Å². The van der Waals surface area contributed by atoms with E-state index >= 15 is 4.39 Å². The van der Waals surface area contributed by atoms with Crippen LogP contribution in [0.4, 0.5) is 4.39 Å². The van der Waals surface area contributed by atoms with E-state index in [9.17, 15) is 25.2 Å². The molecule has 0 bridgehead atoms. The zero-order valence-corrected chi connectivity index (χ0v) is 27.8. The predicted octanol–water partition coefficient (Wildman–Crippen LogP) is -0.698. The van der Waals surface area contributed by atoms with Crippen LogP contribution in [-0.4, -0.2) is 167 Å². The van der Waals surface area contributed by atoms with Gasteiger partial charge in [0.1, 0.15) is 30.8 Å². The van der Waals surface area contributed by atoms with Crippen molar-refractivity contribution >= 4 is 17.5 Å². The van der Waals surface area contributed by atoms with Crippen molar-refractivity contribution in [3.05, 3.63) is 0 Å². The number of aliphatic hydroxyl groups excluding tert-OH is 5. The minimum atomic E-state index is -1.64. The van der Waals surface area contributed by atoms with E-state index in [4.69, 9.17) is 21.4 Å². The zero-order chi connectivity index (χ0) is 32.8. The van der Waals surface area contributed by atoms with E-state index in [1.165, 1.54) is 12.8 Å². The molecule has 14 heteroatoms. The van der Waals surface area contributed by atoms with Crippen molar-refractivity contribution in [2.45, 2.75) is 99.7 Å². The molecule has 0 aromatic carbocycles. The van der Waals surface area contributed by atoms with Gasteiger partial charge in [-0.25, -0.2) is 4.39 Å². The Hall–Kier alpha value is -0.710. The van der Waals surface area contributed by atoms with E-state index in [1.54, 1.807) is 0 Å². The van der Waals surface area contributed by atoms with Gasteiger partial charge in [0.15, 0.2) is 0 Å². The van der Waals surface area contributed by atoms with Crippen LogP contribution in [0.25, 0.3) is 0 Å². The van der Waals surface area contributed by atoms with Crippen LogP contribution in [0.15, 0.2) is 0 Å². The van der Waals surface area contributed by atoms with Gasteiger partial charge in [-0.1, -0.05) is 0 Å². The second-order valence-corrected chi connectivity index (χ2v) is 15.2. The van der Waals surface area contributed by atoms with Crippen LogP contribution in [0.5, 0.6) is 0 Å². The Bertz CT molecular complexity index is 933. The second kappa shape index (κ2) is 17.3. The van der Waals surface area contributed by atoms with Gasteiger partial charge >= 0.3 is 0 Å². The molecule has 4 aliphatic heterocycles. The summed E-state index contributed by atoms with van der Waals surface area (Å²) >= 11 is 6.16. The number of hydrogen-bond acceptors (Lipinski definition) is 11. The summed E-state index contributed by atoms with van der Waals surface area (Å²) < 4.78 is 21.3. The SMILES string of the molecule is O=C(CC1CCC(OCCCC2CCN(C3NCC(Cl)CN3)CC2)CC1F)N1C[C@H]2CN(C[C@H](O)[C@@H](O)[C@H](O)[C@H](O)CO)C[C@H]2C1. The van der Waals surface area contributed by atoms with Crippen LogP contribution in [0.2, 0.25) is 0 Å². The predicted molar refractivity (Wildman–Crippen MR) is 171 cm³/mol. The summed E-state index contributed by atoms with van der Waals surface area (Å²) in [6.45, 7) is 6.40. The number of likely N-dealkylation sites (tertiary alicyclic amines) is 3. The van der Waals surface area contributed by atoms with E-state index < -0.39 is 37.2 Å². The number of aliphatic hydroxyl groups is 5. The topological polar surface area (TPSA) is 161 Å². The van der Waals surface area contributed by atoms with Crippen molar-refractivity contribution in [2.75, 3.05) is 72.1 Å². The Morgan fingerprint density at radius 3 is 2.22 bits per heavy atom. The molecule has 3 unspecified atom stereocenters. The standard InChI is InChI=1S/C32H57ClFN5O7/c33-24-12-35-32(36-13-24)38-7-5-20(6-8-38)2-1-9-46-25-4-3-21(26(34)11-25)10-29(43)39-16-22-14-37(15-23(22)17-39)18-27(41)30(44)31(45)28(42)19-40/h20-28,30-32,35-36,40-42,44-45H,1-19H2/t21?,22-,23+,24?,25?,26?,27-,28+,30+,31+,32?/m0/s1. The van der Waals surface area contributed by atoms with Crippen LogP contribution in [-0.2, 0) is 9.53 Å². The molecule has 0 aromatic rings. The average Bonchev–Trinajstić information content (AvgIpc) is 3.63. The number of rotatable bonds is 14. The first kappa shape index (κ1) is 36.6. The molecule has 1 amide bonds. The second-order valence-electron chi connectivity index (χ2n) is 14.6. The third-order valence-corrected chi connectivity index (χ3v) is 11.5. The molecule has 0 aromatic heterocycles. The van der Waals surface area contributed by atoms with Gasteiger partial charge in [0.25, 0.3) is 0 Å². The number of nitrogens with zero attached hydrogens (tertiary/aromatic N) is 3. The highest BCUT2D eigenvalue weighted by molar-refractivity contribution is 6.21. The highest BCUT2D eigenvalue weighted by Crippen LogP contribution is 2.35. The molecule has 0 radical (unpaired) electrons. The number of carbonyl (C=O) groups excluding carboxylic acids is 1. The van der Waals surface area contributed by atoms with Gasteiger partial charge in [0.2, 0.25) is 5.91 Å². The molecular weight excluding hydrogens is 621 g/mol. The van der Waals surface area contributed by atoms with E-state index in [0.29, 0.717) is 51.5 Å². The lowest BCUT2D eigenvalue weighted by Crippen LogP contribution is -2.62.